The Morgan fingerprint density at radius 3 is 2.41 bits per heavy atom. The molecule has 0 atom stereocenters. The van der Waals surface area contributed by atoms with Crippen LogP contribution in [0.3, 0.4) is 0 Å². The van der Waals surface area contributed by atoms with Gasteiger partial charge < -0.3 is 9.26 Å². The zero-order chi connectivity index (χ0) is 16.3. The minimum absolute atomic E-state index is 0.210. The van der Waals surface area contributed by atoms with E-state index in [4.69, 9.17) is 9.26 Å². The topological polar surface area (TPSA) is 65.2 Å². The lowest BCUT2D eigenvalue weighted by Gasteiger charge is -2.11. The van der Waals surface area contributed by atoms with E-state index in [2.05, 4.69) is 10.1 Å². The number of nitrogens with zero attached hydrogens (tertiary/aromatic N) is 2. The summed E-state index contributed by atoms with van der Waals surface area (Å²) >= 11 is 0. The van der Waals surface area contributed by atoms with Gasteiger partial charge in [-0.3, -0.25) is 4.79 Å². The number of esters is 1. The molecule has 0 radical (unpaired) electrons. The first kappa shape index (κ1) is 16.2. The first-order valence-electron chi connectivity index (χ1n) is 7.48. The largest absolute Gasteiger partial charge is 0.426 e. The molecule has 0 aliphatic heterocycles. The van der Waals surface area contributed by atoms with Crippen molar-refractivity contribution in [2.45, 2.75) is 53.4 Å². The molecule has 0 bridgehead atoms. The van der Waals surface area contributed by atoms with Crippen LogP contribution in [0.5, 0.6) is 5.75 Å². The summed E-state index contributed by atoms with van der Waals surface area (Å²) in [5.74, 6) is 1.69. The highest BCUT2D eigenvalue weighted by atomic mass is 16.5. The molecule has 22 heavy (non-hydrogen) atoms. The maximum absolute atomic E-state index is 12.0. The summed E-state index contributed by atoms with van der Waals surface area (Å²) in [5.41, 5.74) is 3.08. The lowest BCUT2D eigenvalue weighted by molar-refractivity contribution is -0.134. The number of aromatic nitrogens is 2. The standard InChI is InChI=1S/C17H22N2O3/c1-10(2)17-18-14(22-19-17)6-7-15(20)21-16-12(4)8-11(3)9-13(16)5/h8-10H,6-7H2,1-5H3. The molecular formula is C17H22N2O3. The summed E-state index contributed by atoms with van der Waals surface area (Å²) in [7, 11) is 0. The van der Waals surface area contributed by atoms with E-state index < -0.39 is 0 Å². The number of ether oxygens (including phenoxy) is 1. The Bertz CT molecular complexity index is 651. The molecular weight excluding hydrogens is 280 g/mol. The van der Waals surface area contributed by atoms with Crippen LogP contribution in [0.2, 0.25) is 0 Å². The van der Waals surface area contributed by atoms with Gasteiger partial charge in [-0.2, -0.15) is 4.98 Å². The molecule has 0 N–H and O–H groups in total. The molecule has 0 amide bonds. The number of benzene rings is 1. The second-order valence-corrected chi connectivity index (χ2v) is 5.90. The van der Waals surface area contributed by atoms with Crippen LogP contribution < -0.4 is 4.74 Å². The molecule has 1 aromatic heterocycles. The van der Waals surface area contributed by atoms with Gasteiger partial charge in [0.15, 0.2) is 5.82 Å². The highest BCUT2D eigenvalue weighted by Crippen LogP contribution is 2.25. The quantitative estimate of drug-likeness (QED) is 0.623. The third-order valence-electron chi connectivity index (χ3n) is 3.36. The Morgan fingerprint density at radius 2 is 1.86 bits per heavy atom. The van der Waals surface area contributed by atoms with Crippen LogP contribution in [0.1, 0.15) is 54.6 Å². The van der Waals surface area contributed by atoms with E-state index in [1.807, 2.05) is 46.8 Å². The third kappa shape index (κ3) is 3.93. The van der Waals surface area contributed by atoms with E-state index in [0.29, 0.717) is 23.9 Å². The lowest BCUT2D eigenvalue weighted by Crippen LogP contribution is -2.11. The van der Waals surface area contributed by atoms with Gasteiger partial charge in [0.05, 0.1) is 6.42 Å². The summed E-state index contributed by atoms with van der Waals surface area (Å²) < 4.78 is 10.6. The van der Waals surface area contributed by atoms with Crippen molar-refractivity contribution in [1.29, 1.82) is 0 Å². The van der Waals surface area contributed by atoms with Gasteiger partial charge >= 0.3 is 5.97 Å². The van der Waals surface area contributed by atoms with Crippen LogP contribution in [0, 0.1) is 20.8 Å². The van der Waals surface area contributed by atoms with Crippen LogP contribution in [0.25, 0.3) is 0 Å². The Hall–Kier alpha value is -2.17. The molecule has 118 valence electrons. The Labute approximate surface area is 130 Å². The van der Waals surface area contributed by atoms with Crippen molar-refractivity contribution in [3.63, 3.8) is 0 Å². The summed E-state index contributed by atoms with van der Waals surface area (Å²) in [6, 6.07) is 4.01. The van der Waals surface area contributed by atoms with Crippen molar-refractivity contribution >= 4 is 5.97 Å². The molecule has 0 aliphatic carbocycles. The van der Waals surface area contributed by atoms with Crippen LogP contribution >= 0.6 is 0 Å². The van der Waals surface area contributed by atoms with E-state index >= 15 is 0 Å². The number of carbonyl (C=O) groups is 1. The van der Waals surface area contributed by atoms with Gasteiger partial charge in [0.2, 0.25) is 5.89 Å². The fourth-order valence-corrected chi connectivity index (χ4v) is 2.31. The first-order chi connectivity index (χ1) is 10.4. The molecule has 0 fully saturated rings. The Morgan fingerprint density at radius 1 is 1.23 bits per heavy atom. The normalized spacial score (nSPS) is 11.0. The lowest BCUT2D eigenvalue weighted by atomic mass is 10.1. The molecule has 0 aliphatic rings. The highest BCUT2D eigenvalue weighted by molar-refractivity contribution is 5.73. The van der Waals surface area contributed by atoms with Crippen LogP contribution in [0.4, 0.5) is 0 Å². The fraction of sp³-hybridized carbons (Fsp3) is 0.471. The van der Waals surface area contributed by atoms with E-state index in [1.165, 1.54) is 0 Å². The average molecular weight is 302 g/mol. The second kappa shape index (κ2) is 6.73. The number of hydrogen-bond donors (Lipinski definition) is 0. The van der Waals surface area contributed by atoms with Crippen molar-refractivity contribution in [2.75, 3.05) is 0 Å². The highest BCUT2D eigenvalue weighted by Gasteiger charge is 2.14. The van der Waals surface area contributed by atoms with E-state index in [9.17, 15) is 4.79 Å². The monoisotopic (exact) mass is 302 g/mol. The van der Waals surface area contributed by atoms with Crippen molar-refractivity contribution in [1.82, 2.24) is 10.1 Å². The molecule has 2 aromatic rings. The molecule has 2 rings (SSSR count). The predicted octanol–water partition coefficient (Wildman–Crippen LogP) is 3.66. The number of hydrogen-bond acceptors (Lipinski definition) is 5. The van der Waals surface area contributed by atoms with Gasteiger partial charge in [-0.1, -0.05) is 36.7 Å². The number of carbonyl (C=O) groups excluding carboxylic acids is 1. The number of rotatable bonds is 5. The average Bonchev–Trinajstić information content (AvgIpc) is 2.89. The molecule has 0 saturated heterocycles. The van der Waals surface area contributed by atoms with Crippen LogP contribution in [-0.4, -0.2) is 16.1 Å². The molecule has 0 unspecified atom stereocenters. The van der Waals surface area contributed by atoms with Gasteiger partial charge in [0.25, 0.3) is 0 Å². The van der Waals surface area contributed by atoms with Crippen molar-refractivity contribution < 1.29 is 14.1 Å². The zero-order valence-corrected chi connectivity index (χ0v) is 13.8. The van der Waals surface area contributed by atoms with Crippen molar-refractivity contribution in [3.05, 3.63) is 40.5 Å². The minimum atomic E-state index is -0.292. The molecule has 1 heterocycles. The third-order valence-corrected chi connectivity index (χ3v) is 3.36. The van der Waals surface area contributed by atoms with Crippen molar-refractivity contribution in [2.24, 2.45) is 0 Å². The minimum Gasteiger partial charge on any atom is -0.426 e. The smallest absolute Gasteiger partial charge is 0.311 e. The van der Waals surface area contributed by atoms with E-state index in [1.54, 1.807) is 0 Å². The second-order valence-electron chi connectivity index (χ2n) is 5.90. The van der Waals surface area contributed by atoms with Gasteiger partial charge in [-0.15, -0.1) is 0 Å². The summed E-state index contributed by atoms with van der Waals surface area (Å²) in [6.07, 6.45) is 0.606. The Kier molecular flexibility index (Phi) is 4.96. The van der Waals surface area contributed by atoms with Crippen LogP contribution in [-0.2, 0) is 11.2 Å². The van der Waals surface area contributed by atoms with Gasteiger partial charge in [-0.05, 0) is 31.9 Å². The molecule has 5 nitrogen and oxygen atoms in total. The zero-order valence-electron chi connectivity index (χ0n) is 13.8. The first-order valence-corrected chi connectivity index (χ1v) is 7.48. The predicted molar refractivity (Wildman–Crippen MR) is 83.0 cm³/mol. The molecule has 0 spiro atoms. The Balaban J connectivity index is 1.96. The van der Waals surface area contributed by atoms with Crippen molar-refractivity contribution in [3.8, 4) is 5.75 Å². The summed E-state index contributed by atoms with van der Waals surface area (Å²) in [6.45, 7) is 9.89. The summed E-state index contributed by atoms with van der Waals surface area (Å²) in [5, 5.41) is 3.88. The number of aryl methyl sites for hydroxylation is 4. The summed E-state index contributed by atoms with van der Waals surface area (Å²) in [4.78, 5) is 16.3. The molecule has 1 aromatic carbocycles. The fourth-order valence-electron chi connectivity index (χ4n) is 2.31. The van der Waals surface area contributed by atoms with Gasteiger partial charge in [0, 0.05) is 12.3 Å². The SMILES string of the molecule is Cc1cc(C)c(OC(=O)CCc2nc(C(C)C)no2)c(C)c1. The van der Waals surface area contributed by atoms with Gasteiger partial charge in [-0.25, -0.2) is 0 Å². The van der Waals surface area contributed by atoms with E-state index in [-0.39, 0.29) is 18.3 Å². The maximum atomic E-state index is 12.0. The van der Waals surface area contributed by atoms with E-state index in [0.717, 1.165) is 16.7 Å². The van der Waals surface area contributed by atoms with Crippen LogP contribution in [0.15, 0.2) is 16.7 Å². The maximum Gasteiger partial charge on any atom is 0.311 e. The van der Waals surface area contributed by atoms with Gasteiger partial charge in [0.1, 0.15) is 5.75 Å². The molecule has 0 saturated carbocycles. The molecule has 5 heteroatoms.